The van der Waals surface area contributed by atoms with Gasteiger partial charge in [0.1, 0.15) is 11.5 Å². The van der Waals surface area contributed by atoms with E-state index in [-0.39, 0.29) is 17.6 Å². The van der Waals surface area contributed by atoms with Gasteiger partial charge in [-0.3, -0.25) is 9.59 Å². The fourth-order valence-corrected chi connectivity index (χ4v) is 4.03. The molecule has 0 aliphatic carbocycles. The van der Waals surface area contributed by atoms with E-state index >= 15 is 0 Å². The third-order valence-corrected chi connectivity index (χ3v) is 5.94. The number of hydrogen-bond acceptors (Lipinski definition) is 3. The van der Waals surface area contributed by atoms with Gasteiger partial charge < -0.3 is 10.2 Å². The summed E-state index contributed by atoms with van der Waals surface area (Å²) in [4.78, 5) is 27.1. The van der Waals surface area contributed by atoms with Gasteiger partial charge >= 0.3 is 0 Å². The minimum absolute atomic E-state index is 0.209. The monoisotopic (exact) mass is 448 g/mol. The molecular formula is C26H29FN4O2. The molecule has 1 N–H and O–H groups in total. The van der Waals surface area contributed by atoms with Crippen molar-refractivity contribution in [2.45, 2.75) is 39.0 Å². The van der Waals surface area contributed by atoms with E-state index in [1.54, 1.807) is 23.0 Å². The van der Waals surface area contributed by atoms with Crippen LogP contribution in [0.3, 0.4) is 0 Å². The van der Waals surface area contributed by atoms with Crippen molar-refractivity contribution in [3.05, 3.63) is 71.7 Å². The SMILES string of the molecule is Cc1ccc(-c2nn(-c3ccc(F)cc3)cc2C(=O)NCCCN2CCCCCC2=O)cc1. The number of nitrogens with one attached hydrogen (secondary N) is 1. The van der Waals surface area contributed by atoms with Crippen LogP contribution < -0.4 is 5.32 Å². The lowest BCUT2D eigenvalue weighted by Gasteiger charge is -2.20. The summed E-state index contributed by atoms with van der Waals surface area (Å²) in [5.41, 5.74) is 3.64. The Kier molecular flexibility index (Phi) is 7.17. The lowest BCUT2D eigenvalue weighted by atomic mass is 10.1. The fraction of sp³-hybridized carbons (Fsp3) is 0.346. The smallest absolute Gasteiger partial charge is 0.255 e. The highest BCUT2D eigenvalue weighted by Gasteiger charge is 2.19. The van der Waals surface area contributed by atoms with Crippen LogP contribution in [0.5, 0.6) is 0 Å². The Balaban J connectivity index is 1.48. The Labute approximate surface area is 193 Å². The van der Waals surface area contributed by atoms with Crippen LogP contribution in [-0.4, -0.2) is 46.1 Å². The van der Waals surface area contributed by atoms with Crippen molar-refractivity contribution in [2.24, 2.45) is 0 Å². The van der Waals surface area contributed by atoms with Gasteiger partial charge in [0.25, 0.3) is 5.91 Å². The number of rotatable bonds is 7. The number of benzene rings is 2. The van der Waals surface area contributed by atoms with E-state index in [0.717, 1.165) is 36.9 Å². The molecule has 0 bridgehead atoms. The summed E-state index contributed by atoms with van der Waals surface area (Å²) >= 11 is 0. The van der Waals surface area contributed by atoms with Crippen LogP contribution in [0.15, 0.2) is 54.7 Å². The molecule has 0 saturated carbocycles. The van der Waals surface area contributed by atoms with E-state index in [9.17, 15) is 14.0 Å². The van der Waals surface area contributed by atoms with Crippen LogP contribution in [0.25, 0.3) is 16.9 Å². The van der Waals surface area contributed by atoms with E-state index in [1.807, 2.05) is 36.1 Å². The minimum Gasteiger partial charge on any atom is -0.352 e. The quantitative estimate of drug-likeness (QED) is 0.541. The first-order valence-corrected chi connectivity index (χ1v) is 11.5. The summed E-state index contributed by atoms with van der Waals surface area (Å²) in [5.74, 6) is -0.340. The van der Waals surface area contributed by atoms with Crippen LogP contribution in [0.2, 0.25) is 0 Å². The summed E-state index contributed by atoms with van der Waals surface area (Å²) in [6, 6.07) is 13.8. The first-order valence-electron chi connectivity index (χ1n) is 11.5. The number of nitrogens with zero attached hydrogens (tertiary/aromatic N) is 3. The topological polar surface area (TPSA) is 67.2 Å². The first kappa shape index (κ1) is 22.7. The molecule has 1 aromatic heterocycles. The maximum atomic E-state index is 13.4. The Morgan fingerprint density at radius 1 is 1.06 bits per heavy atom. The molecule has 2 heterocycles. The zero-order valence-corrected chi connectivity index (χ0v) is 18.9. The second-order valence-electron chi connectivity index (χ2n) is 8.48. The molecule has 0 radical (unpaired) electrons. The minimum atomic E-state index is -0.328. The molecule has 0 atom stereocenters. The molecule has 1 fully saturated rings. The van der Waals surface area contributed by atoms with Crippen molar-refractivity contribution in [3.63, 3.8) is 0 Å². The van der Waals surface area contributed by atoms with Gasteiger partial charge in [0, 0.05) is 37.8 Å². The molecule has 0 spiro atoms. The first-order chi connectivity index (χ1) is 16.0. The Morgan fingerprint density at radius 2 is 1.82 bits per heavy atom. The van der Waals surface area contributed by atoms with Gasteiger partial charge in [-0.25, -0.2) is 9.07 Å². The van der Waals surface area contributed by atoms with Gasteiger partial charge in [0.05, 0.1) is 11.3 Å². The van der Waals surface area contributed by atoms with E-state index in [0.29, 0.717) is 42.9 Å². The third-order valence-electron chi connectivity index (χ3n) is 5.94. The second-order valence-corrected chi connectivity index (χ2v) is 8.48. The molecule has 0 unspecified atom stereocenters. The fourth-order valence-electron chi connectivity index (χ4n) is 4.03. The predicted octanol–water partition coefficient (Wildman–Crippen LogP) is 4.51. The van der Waals surface area contributed by atoms with Crippen LogP contribution >= 0.6 is 0 Å². The number of hydrogen-bond donors (Lipinski definition) is 1. The molecule has 1 aliphatic rings. The van der Waals surface area contributed by atoms with Crippen molar-refractivity contribution in [1.82, 2.24) is 20.0 Å². The van der Waals surface area contributed by atoms with Crippen LogP contribution in [0.1, 0.15) is 48.0 Å². The molecule has 3 aromatic rings. The van der Waals surface area contributed by atoms with Crippen molar-refractivity contribution >= 4 is 11.8 Å². The lowest BCUT2D eigenvalue weighted by Crippen LogP contribution is -2.34. The van der Waals surface area contributed by atoms with Gasteiger partial charge in [0.15, 0.2) is 0 Å². The van der Waals surface area contributed by atoms with Crippen LogP contribution in [0.4, 0.5) is 4.39 Å². The Hall–Kier alpha value is -3.48. The average Bonchev–Trinajstić information content (AvgIpc) is 3.16. The van der Waals surface area contributed by atoms with Crippen molar-refractivity contribution in [3.8, 4) is 16.9 Å². The molecule has 2 aromatic carbocycles. The number of amides is 2. The number of likely N-dealkylation sites (tertiary alicyclic amines) is 1. The van der Waals surface area contributed by atoms with E-state index < -0.39 is 0 Å². The van der Waals surface area contributed by atoms with E-state index in [4.69, 9.17) is 0 Å². The molecule has 4 rings (SSSR count). The second kappa shape index (κ2) is 10.4. The van der Waals surface area contributed by atoms with Crippen molar-refractivity contribution in [2.75, 3.05) is 19.6 Å². The van der Waals surface area contributed by atoms with Crippen molar-refractivity contribution in [1.29, 1.82) is 0 Å². The third kappa shape index (κ3) is 5.66. The van der Waals surface area contributed by atoms with Crippen LogP contribution in [-0.2, 0) is 4.79 Å². The summed E-state index contributed by atoms with van der Waals surface area (Å²) < 4.78 is 15.0. The number of aryl methyl sites for hydroxylation is 1. The zero-order chi connectivity index (χ0) is 23.2. The molecule has 1 aliphatic heterocycles. The largest absolute Gasteiger partial charge is 0.352 e. The summed E-state index contributed by atoms with van der Waals surface area (Å²) in [7, 11) is 0. The molecule has 172 valence electrons. The Morgan fingerprint density at radius 3 is 2.58 bits per heavy atom. The number of carbonyl (C=O) groups is 2. The van der Waals surface area contributed by atoms with Gasteiger partial charge in [-0.2, -0.15) is 5.10 Å². The van der Waals surface area contributed by atoms with E-state index in [1.165, 1.54) is 12.1 Å². The molecule has 7 heteroatoms. The normalized spacial score (nSPS) is 14.2. The lowest BCUT2D eigenvalue weighted by molar-refractivity contribution is -0.130. The van der Waals surface area contributed by atoms with Gasteiger partial charge in [0.2, 0.25) is 5.91 Å². The standard InChI is InChI=1S/C26H29FN4O2/c1-19-7-9-20(10-8-19)25-23(18-31(29-25)22-13-11-21(27)12-14-22)26(33)28-15-5-17-30-16-4-2-3-6-24(30)32/h7-14,18H,2-6,15-17H2,1H3,(H,28,33). The van der Waals surface area contributed by atoms with E-state index in [2.05, 4.69) is 10.4 Å². The highest BCUT2D eigenvalue weighted by atomic mass is 19.1. The summed E-state index contributed by atoms with van der Waals surface area (Å²) in [6.45, 7) is 3.93. The maximum absolute atomic E-state index is 13.4. The molecule has 33 heavy (non-hydrogen) atoms. The van der Waals surface area contributed by atoms with Crippen LogP contribution in [0, 0.1) is 12.7 Å². The summed E-state index contributed by atoms with van der Waals surface area (Å²) in [5, 5.41) is 7.61. The molecule has 2 amide bonds. The highest BCUT2D eigenvalue weighted by molar-refractivity contribution is 5.99. The number of carbonyl (C=O) groups excluding carboxylic acids is 2. The Bertz CT molecular complexity index is 1110. The molecular weight excluding hydrogens is 419 g/mol. The molecule has 1 saturated heterocycles. The average molecular weight is 449 g/mol. The zero-order valence-electron chi connectivity index (χ0n) is 18.9. The number of halogens is 1. The summed E-state index contributed by atoms with van der Waals surface area (Å²) in [6.07, 6.45) is 6.10. The van der Waals surface area contributed by atoms with Crippen molar-refractivity contribution < 1.29 is 14.0 Å². The van der Waals surface area contributed by atoms with Gasteiger partial charge in [-0.05, 0) is 50.5 Å². The predicted molar refractivity (Wildman–Crippen MR) is 126 cm³/mol. The van der Waals surface area contributed by atoms with Gasteiger partial charge in [-0.15, -0.1) is 0 Å². The maximum Gasteiger partial charge on any atom is 0.255 e. The highest BCUT2D eigenvalue weighted by Crippen LogP contribution is 2.24. The number of aromatic nitrogens is 2. The molecule has 6 nitrogen and oxygen atoms in total. The van der Waals surface area contributed by atoms with Gasteiger partial charge in [-0.1, -0.05) is 36.2 Å².